The Kier molecular flexibility index (Phi) is 7.03. The Morgan fingerprint density at radius 3 is 2.48 bits per heavy atom. The molecule has 0 radical (unpaired) electrons. The smallest absolute Gasteiger partial charge is 0.339 e. The van der Waals surface area contributed by atoms with Gasteiger partial charge in [0.05, 0.1) is 36.8 Å². The number of hydrogen-bond donors (Lipinski definition) is 1. The lowest BCUT2D eigenvalue weighted by Gasteiger charge is -2.11. The van der Waals surface area contributed by atoms with Crippen LogP contribution in [0.2, 0.25) is 0 Å². The van der Waals surface area contributed by atoms with Gasteiger partial charge < -0.3 is 19.2 Å². The topological polar surface area (TPSA) is 121 Å². The lowest BCUT2D eigenvalue weighted by Crippen LogP contribution is -2.18. The van der Waals surface area contributed by atoms with Crippen molar-refractivity contribution in [2.24, 2.45) is 0 Å². The van der Waals surface area contributed by atoms with Gasteiger partial charge in [-0.3, -0.25) is 4.79 Å². The largest absolute Gasteiger partial charge is 0.465 e. The number of esters is 2. The third-order valence-corrected chi connectivity index (χ3v) is 5.05. The number of methoxy groups -OCH3 is 2. The summed E-state index contributed by atoms with van der Waals surface area (Å²) in [5.74, 6) is -1.39. The van der Waals surface area contributed by atoms with Crippen LogP contribution in [0.3, 0.4) is 0 Å². The second-order valence-electron chi connectivity index (χ2n) is 6.27. The van der Waals surface area contributed by atoms with E-state index >= 15 is 0 Å². The first-order chi connectivity index (χ1) is 14.9. The molecule has 0 aliphatic rings. The molecule has 3 aromatic rings. The normalized spacial score (nSPS) is 10.4. The van der Waals surface area contributed by atoms with E-state index in [1.165, 1.54) is 32.4 Å². The first-order valence-corrected chi connectivity index (χ1v) is 10.0. The highest BCUT2D eigenvalue weighted by molar-refractivity contribution is 7.99. The number of aryl methyl sites for hydroxylation is 1. The molecule has 1 heterocycles. The summed E-state index contributed by atoms with van der Waals surface area (Å²) in [7, 11) is 2.46. The lowest BCUT2D eigenvalue weighted by molar-refractivity contribution is -0.113. The number of amides is 1. The van der Waals surface area contributed by atoms with Crippen molar-refractivity contribution in [1.82, 2.24) is 10.2 Å². The van der Waals surface area contributed by atoms with Crippen LogP contribution in [-0.4, -0.2) is 48.0 Å². The van der Waals surface area contributed by atoms with Gasteiger partial charge in [0, 0.05) is 5.56 Å². The summed E-state index contributed by atoms with van der Waals surface area (Å²) in [5, 5.41) is 10.8. The zero-order chi connectivity index (χ0) is 22.4. The fraction of sp³-hybridized carbons (Fsp3) is 0.190. The summed E-state index contributed by atoms with van der Waals surface area (Å²) in [4.78, 5) is 36.2. The molecular formula is C21H19N3O6S. The molecule has 160 valence electrons. The van der Waals surface area contributed by atoms with Crippen molar-refractivity contribution in [2.75, 3.05) is 25.3 Å². The van der Waals surface area contributed by atoms with Gasteiger partial charge in [-0.15, -0.1) is 10.2 Å². The molecule has 1 aromatic heterocycles. The van der Waals surface area contributed by atoms with Gasteiger partial charge in [-0.2, -0.15) is 0 Å². The minimum atomic E-state index is -0.654. The van der Waals surface area contributed by atoms with Crippen molar-refractivity contribution in [1.29, 1.82) is 0 Å². The molecular weight excluding hydrogens is 422 g/mol. The van der Waals surface area contributed by atoms with E-state index in [4.69, 9.17) is 9.15 Å². The van der Waals surface area contributed by atoms with Crippen LogP contribution in [0.4, 0.5) is 5.69 Å². The number of nitrogens with zero attached hydrogens (tertiary/aromatic N) is 2. The van der Waals surface area contributed by atoms with Gasteiger partial charge in [-0.1, -0.05) is 30.0 Å². The molecule has 0 saturated heterocycles. The quantitative estimate of drug-likeness (QED) is 0.434. The Morgan fingerprint density at radius 1 is 1.03 bits per heavy atom. The average Bonchev–Trinajstić information content (AvgIpc) is 3.25. The molecule has 3 rings (SSSR count). The Balaban J connectivity index is 1.70. The lowest BCUT2D eigenvalue weighted by atomic mass is 10.1. The minimum Gasteiger partial charge on any atom is -0.465 e. The molecule has 1 N–H and O–H groups in total. The zero-order valence-corrected chi connectivity index (χ0v) is 17.8. The SMILES string of the molecule is COC(=O)c1ccc(C(=O)OC)c(NC(=O)CSc2nnc(-c3ccccc3C)o2)c1. The molecule has 0 atom stereocenters. The number of nitrogens with one attached hydrogen (secondary N) is 1. The summed E-state index contributed by atoms with van der Waals surface area (Å²) in [6.45, 7) is 1.93. The van der Waals surface area contributed by atoms with Crippen LogP contribution < -0.4 is 5.32 Å². The van der Waals surface area contributed by atoms with Crippen LogP contribution in [0, 0.1) is 6.92 Å². The van der Waals surface area contributed by atoms with E-state index in [-0.39, 0.29) is 27.8 Å². The van der Waals surface area contributed by atoms with Crippen molar-refractivity contribution in [2.45, 2.75) is 12.1 Å². The predicted octanol–water partition coefficient (Wildman–Crippen LogP) is 3.35. The van der Waals surface area contributed by atoms with E-state index in [1.807, 2.05) is 31.2 Å². The van der Waals surface area contributed by atoms with Gasteiger partial charge >= 0.3 is 11.9 Å². The first-order valence-electron chi connectivity index (χ1n) is 9.05. The second kappa shape index (κ2) is 9.90. The fourth-order valence-corrected chi connectivity index (χ4v) is 3.25. The van der Waals surface area contributed by atoms with Crippen LogP contribution in [0.15, 0.2) is 52.1 Å². The third-order valence-electron chi connectivity index (χ3n) is 4.23. The number of thioether (sulfide) groups is 1. The zero-order valence-electron chi connectivity index (χ0n) is 17.0. The number of carbonyl (C=O) groups is 3. The second-order valence-corrected chi connectivity index (χ2v) is 7.20. The van der Waals surface area contributed by atoms with E-state index in [2.05, 4.69) is 20.3 Å². The summed E-state index contributed by atoms with van der Waals surface area (Å²) in [5.41, 5.74) is 2.22. The summed E-state index contributed by atoms with van der Waals surface area (Å²) < 4.78 is 15.0. The number of aromatic nitrogens is 2. The number of anilines is 1. The first kappa shape index (κ1) is 22.0. The Hall–Kier alpha value is -3.66. The molecule has 0 unspecified atom stereocenters. The summed E-state index contributed by atoms with van der Waals surface area (Å²) >= 11 is 1.04. The summed E-state index contributed by atoms with van der Waals surface area (Å²) in [6, 6.07) is 11.7. The standard InChI is InChI=1S/C21H19N3O6S/c1-12-6-4-5-7-14(12)18-23-24-21(30-18)31-11-17(25)22-16-10-13(19(26)28-2)8-9-15(16)20(27)29-3/h4-10H,11H2,1-3H3,(H,22,25). The van der Waals surface area contributed by atoms with Gasteiger partial charge in [-0.25, -0.2) is 9.59 Å². The molecule has 0 aliphatic carbocycles. The highest BCUT2D eigenvalue weighted by atomic mass is 32.2. The molecule has 31 heavy (non-hydrogen) atoms. The molecule has 1 amide bonds. The maximum Gasteiger partial charge on any atom is 0.339 e. The molecule has 0 spiro atoms. The number of carbonyl (C=O) groups excluding carboxylic acids is 3. The fourth-order valence-electron chi connectivity index (χ4n) is 2.68. The van der Waals surface area contributed by atoms with Gasteiger partial charge in [0.2, 0.25) is 11.8 Å². The van der Waals surface area contributed by atoms with Gasteiger partial charge in [-0.05, 0) is 36.8 Å². The highest BCUT2D eigenvalue weighted by Gasteiger charge is 2.18. The number of ether oxygens (including phenoxy) is 2. The van der Waals surface area contributed by atoms with E-state index in [0.29, 0.717) is 5.89 Å². The maximum atomic E-state index is 12.4. The average molecular weight is 441 g/mol. The number of rotatable bonds is 7. The molecule has 9 nitrogen and oxygen atoms in total. The minimum absolute atomic E-state index is 0.0571. The highest BCUT2D eigenvalue weighted by Crippen LogP contribution is 2.26. The van der Waals surface area contributed by atoms with E-state index in [9.17, 15) is 14.4 Å². The van der Waals surface area contributed by atoms with Crippen molar-refractivity contribution in [3.8, 4) is 11.5 Å². The number of hydrogen-bond acceptors (Lipinski definition) is 9. The Labute approximate surface area is 182 Å². The predicted molar refractivity (Wildman–Crippen MR) is 113 cm³/mol. The Bertz CT molecular complexity index is 1130. The molecule has 0 aliphatic heterocycles. The monoisotopic (exact) mass is 441 g/mol. The van der Waals surface area contributed by atoms with E-state index in [1.54, 1.807) is 0 Å². The molecule has 10 heteroatoms. The van der Waals surface area contributed by atoms with Crippen LogP contribution in [0.25, 0.3) is 11.5 Å². The summed E-state index contributed by atoms with van der Waals surface area (Å²) in [6.07, 6.45) is 0. The van der Waals surface area contributed by atoms with Crippen LogP contribution in [0.5, 0.6) is 0 Å². The van der Waals surface area contributed by atoms with Crippen molar-refractivity contribution >= 4 is 35.3 Å². The van der Waals surface area contributed by atoms with Crippen LogP contribution in [-0.2, 0) is 14.3 Å². The molecule has 0 saturated carbocycles. The van der Waals surface area contributed by atoms with Crippen molar-refractivity contribution in [3.63, 3.8) is 0 Å². The van der Waals surface area contributed by atoms with Crippen molar-refractivity contribution in [3.05, 3.63) is 59.2 Å². The molecule has 0 fully saturated rings. The van der Waals surface area contributed by atoms with Crippen LogP contribution in [0.1, 0.15) is 26.3 Å². The molecule has 0 bridgehead atoms. The third kappa shape index (κ3) is 5.28. The van der Waals surface area contributed by atoms with E-state index in [0.717, 1.165) is 22.9 Å². The van der Waals surface area contributed by atoms with E-state index < -0.39 is 17.8 Å². The number of benzene rings is 2. The van der Waals surface area contributed by atoms with Gasteiger partial charge in [0.25, 0.3) is 5.22 Å². The molecule has 2 aromatic carbocycles. The Morgan fingerprint density at radius 2 is 1.77 bits per heavy atom. The van der Waals surface area contributed by atoms with Crippen molar-refractivity contribution < 1.29 is 28.3 Å². The van der Waals surface area contributed by atoms with Gasteiger partial charge in [0.1, 0.15) is 0 Å². The van der Waals surface area contributed by atoms with Gasteiger partial charge in [0.15, 0.2) is 0 Å². The van der Waals surface area contributed by atoms with Crippen LogP contribution >= 0.6 is 11.8 Å². The maximum absolute atomic E-state index is 12.4.